The normalized spacial score (nSPS) is 16.9. The van der Waals surface area contributed by atoms with Gasteiger partial charge in [0.25, 0.3) is 5.92 Å². The van der Waals surface area contributed by atoms with Crippen molar-refractivity contribution in [2.24, 2.45) is 7.05 Å². The molecule has 0 saturated heterocycles. The van der Waals surface area contributed by atoms with E-state index < -0.39 is 21.4 Å². The summed E-state index contributed by atoms with van der Waals surface area (Å²) in [6.45, 7) is 5.22. The fourth-order valence-electron chi connectivity index (χ4n) is 3.00. The summed E-state index contributed by atoms with van der Waals surface area (Å²) in [5.41, 5.74) is -1.48. The molecule has 1 aliphatic rings. The molecule has 0 spiro atoms. The van der Waals surface area contributed by atoms with Gasteiger partial charge in [0.15, 0.2) is 21.3 Å². The minimum Gasteiger partial charge on any atom is -0.326 e. The van der Waals surface area contributed by atoms with Crippen molar-refractivity contribution < 1.29 is 21.6 Å². The van der Waals surface area contributed by atoms with Crippen molar-refractivity contribution in [3.63, 3.8) is 0 Å². The molecule has 5 nitrogen and oxygen atoms in total. The number of sulfone groups is 1. The molecule has 1 saturated carbocycles. The maximum atomic E-state index is 13.9. The van der Waals surface area contributed by atoms with Crippen LogP contribution in [0, 0.1) is 0 Å². The highest BCUT2D eigenvalue weighted by Gasteiger charge is 2.45. The average Bonchev–Trinajstić information content (AvgIpc) is 3.31. The Morgan fingerprint density at radius 1 is 1.20 bits per heavy atom. The SMILES string of the molecule is CCS(=O)(=O)c1cc(C2(C)CC2)cnc1-c1ncc(/C=C/C(F)(F)C(C)(C)F)n1C. The van der Waals surface area contributed by atoms with Crippen molar-refractivity contribution >= 4 is 15.9 Å². The summed E-state index contributed by atoms with van der Waals surface area (Å²) < 4.78 is 68.5. The summed E-state index contributed by atoms with van der Waals surface area (Å²) in [5.74, 6) is -3.54. The molecule has 2 aromatic heterocycles. The monoisotopic (exact) mass is 441 g/mol. The first-order chi connectivity index (χ1) is 13.7. The summed E-state index contributed by atoms with van der Waals surface area (Å²) >= 11 is 0. The molecule has 0 aromatic carbocycles. The van der Waals surface area contributed by atoms with E-state index in [4.69, 9.17) is 0 Å². The molecule has 0 N–H and O–H groups in total. The number of pyridine rings is 1. The van der Waals surface area contributed by atoms with Crippen LogP contribution in [0.15, 0.2) is 29.4 Å². The van der Waals surface area contributed by atoms with Crippen LogP contribution in [0.5, 0.6) is 0 Å². The van der Waals surface area contributed by atoms with Gasteiger partial charge in [-0.25, -0.2) is 17.8 Å². The van der Waals surface area contributed by atoms with Gasteiger partial charge < -0.3 is 4.57 Å². The van der Waals surface area contributed by atoms with Crippen molar-refractivity contribution in [3.05, 3.63) is 35.8 Å². The first kappa shape index (κ1) is 22.5. The van der Waals surface area contributed by atoms with Gasteiger partial charge in [0.05, 0.1) is 22.5 Å². The third-order valence-electron chi connectivity index (χ3n) is 5.76. The highest BCUT2D eigenvalue weighted by molar-refractivity contribution is 7.91. The van der Waals surface area contributed by atoms with E-state index in [1.165, 1.54) is 10.8 Å². The smallest absolute Gasteiger partial charge is 0.299 e. The summed E-state index contributed by atoms with van der Waals surface area (Å²) in [4.78, 5) is 8.69. The fourth-order valence-corrected chi connectivity index (χ4v) is 4.05. The molecule has 2 heterocycles. The van der Waals surface area contributed by atoms with Crippen LogP contribution in [-0.2, 0) is 22.3 Å². The van der Waals surface area contributed by atoms with E-state index in [1.807, 2.05) is 0 Å². The zero-order valence-electron chi connectivity index (χ0n) is 17.7. The van der Waals surface area contributed by atoms with Gasteiger partial charge in [0, 0.05) is 13.2 Å². The summed E-state index contributed by atoms with van der Waals surface area (Å²) in [6, 6.07) is 1.65. The highest BCUT2D eigenvalue weighted by Crippen LogP contribution is 2.48. The van der Waals surface area contributed by atoms with Crippen LogP contribution in [0.3, 0.4) is 0 Å². The number of hydrogen-bond donors (Lipinski definition) is 0. The van der Waals surface area contributed by atoms with Gasteiger partial charge in [-0.3, -0.25) is 4.98 Å². The number of aromatic nitrogens is 3. The molecular weight excluding hydrogens is 415 g/mol. The van der Waals surface area contributed by atoms with Gasteiger partial charge >= 0.3 is 0 Å². The Bertz CT molecular complexity index is 1100. The third kappa shape index (κ3) is 4.04. The average molecular weight is 442 g/mol. The molecule has 30 heavy (non-hydrogen) atoms. The van der Waals surface area contributed by atoms with Crippen LogP contribution >= 0.6 is 0 Å². The molecule has 3 rings (SSSR count). The Morgan fingerprint density at radius 3 is 2.37 bits per heavy atom. The molecule has 0 bridgehead atoms. The molecule has 0 amide bonds. The Kier molecular flexibility index (Phi) is 5.42. The standard InChI is InChI=1S/C21H26F3N3O2S/c1-6-30(28,29)16-11-14(20(4)9-10-20)12-25-17(16)18-26-13-15(27(18)5)7-8-21(23,24)19(2,3)22/h7-8,11-13H,6,9-10H2,1-5H3/b8-7+. The van der Waals surface area contributed by atoms with Crippen molar-refractivity contribution in [2.75, 3.05) is 5.75 Å². The van der Waals surface area contributed by atoms with Crippen LogP contribution < -0.4 is 0 Å². The van der Waals surface area contributed by atoms with Crippen molar-refractivity contribution in [1.82, 2.24) is 14.5 Å². The van der Waals surface area contributed by atoms with E-state index in [2.05, 4.69) is 16.9 Å². The number of nitrogens with zero attached hydrogens (tertiary/aromatic N) is 3. The van der Waals surface area contributed by atoms with Crippen molar-refractivity contribution in [3.8, 4) is 11.5 Å². The number of alkyl halides is 3. The lowest BCUT2D eigenvalue weighted by molar-refractivity contribution is -0.0783. The summed E-state index contributed by atoms with van der Waals surface area (Å²) in [6.07, 6.45) is 6.48. The Labute approximate surface area is 175 Å². The zero-order valence-corrected chi connectivity index (χ0v) is 18.5. The molecular formula is C21H26F3N3O2S. The number of halogens is 3. The second kappa shape index (κ2) is 7.21. The molecule has 1 aliphatic carbocycles. The van der Waals surface area contributed by atoms with E-state index in [-0.39, 0.29) is 33.3 Å². The van der Waals surface area contributed by atoms with Gasteiger partial charge in [-0.05, 0) is 55.9 Å². The van der Waals surface area contributed by atoms with Crippen LogP contribution in [0.1, 0.15) is 51.8 Å². The molecule has 1 fully saturated rings. The highest BCUT2D eigenvalue weighted by atomic mass is 32.2. The molecule has 2 aromatic rings. The quantitative estimate of drug-likeness (QED) is 0.624. The summed E-state index contributed by atoms with van der Waals surface area (Å²) in [7, 11) is -2.03. The van der Waals surface area contributed by atoms with Crippen LogP contribution in [0.4, 0.5) is 13.2 Å². The second-order valence-electron chi connectivity index (χ2n) is 8.53. The molecule has 0 aliphatic heterocycles. The summed E-state index contributed by atoms with van der Waals surface area (Å²) in [5, 5.41) is 0. The van der Waals surface area contributed by atoms with Gasteiger partial charge in [-0.2, -0.15) is 8.78 Å². The third-order valence-corrected chi connectivity index (χ3v) is 7.50. The predicted molar refractivity (Wildman–Crippen MR) is 110 cm³/mol. The fraction of sp³-hybridized carbons (Fsp3) is 0.524. The predicted octanol–water partition coefficient (Wildman–Crippen LogP) is 4.72. The van der Waals surface area contributed by atoms with Gasteiger partial charge in [-0.1, -0.05) is 13.8 Å². The molecule has 0 atom stereocenters. The maximum Gasteiger partial charge on any atom is 0.299 e. The van der Waals surface area contributed by atoms with E-state index >= 15 is 0 Å². The number of imidazole rings is 1. The lowest BCUT2D eigenvalue weighted by Crippen LogP contribution is -2.36. The van der Waals surface area contributed by atoms with Crippen LogP contribution in [-0.4, -0.2) is 40.3 Å². The van der Waals surface area contributed by atoms with Crippen LogP contribution in [0.2, 0.25) is 0 Å². The number of hydrogen-bond acceptors (Lipinski definition) is 4. The minimum absolute atomic E-state index is 0.0656. The van der Waals surface area contributed by atoms with Gasteiger partial charge in [0.2, 0.25) is 0 Å². The Morgan fingerprint density at radius 2 is 1.83 bits per heavy atom. The first-order valence-electron chi connectivity index (χ1n) is 9.73. The molecule has 0 unspecified atom stereocenters. The first-order valence-corrected chi connectivity index (χ1v) is 11.4. The van der Waals surface area contributed by atoms with Crippen molar-refractivity contribution in [2.45, 2.75) is 62.4 Å². The topological polar surface area (TPSA) is 64.8 Å². The zero-order chi connectivity index (χ0) is 22.5. The Hall–Kier alpha value is -2.16. The number of rotatable bonds is 7. The van der Waals surface area contributed by atoms with E-state index in [9.17, 15) is 21.6 Å². The molecule has 0 radical (unpaired) electrons. The molecule has 164 valence electrons. The van der Waals surface area contributed by atoms with E-state index in [1.54, 1.807) is 26.2 Å². The lowest BCUT2D eigenvalue weighted by atomic mass is 10.0. The maximum absolute atomic E-state index is 13.9. The second-order valence-corrected chi connectivity index (χ2v) is 10.8. The van der Waals surface area contributed by atoms with E-state index in [0.29, 0.717) is 6.08 Å². The molecule has 9 heteroatoms. The number of allylic oxidation sites excluding steroid dienone is 1. The largest absolute Gasteiger partial charge is 0.326 e. The van der Waals surface area contributed by atoms with E-state index in [0.717, 1.165) is 38.3 Å². The minimum atomic E-state index is -3.67. The van der Waals surface area contributed by atoms with Gasteiger partial charge in [-0.15, -0.1) is 0 Å². The lowest BCUT2D eigenvalue weighted by Gasteiger charge is -2.23. The Balaban J connectivity index is 2.07. The van der Waals surface area contributed by atoms with Crippen molar-refractivity contribution in [1.29, 1.82) is 0 Å². The van der Waals surface area contributed by atoms with Gasteiger partial charge in [0.1, 0.15) is 5.69 Å². The van der Waals surface area contributed by atoms with Crippen LogP contribution in [0.25, 0.3) is 17.6 Å².